The zero-order valence-electron chi connectivity index (χ0n) is 29.9. The molecule has 0 aromatic heterocycles. The minimum atomic E-state index is -4.16. The second-order valence-corrected chi connectivity index (χ2v) is 14.9. The molecule has 0 radical (unpaired) electrons. The lowest BCUT2D eigenvalue weighted by atomic mass is 9.93. The van der Waals surface area contributed by atoms with Gasteiger partial charge in [-0.05, 0) is 107 Å². The number of thioether (sulfide) groups is 1. The van der Waals surface area contributed by atoms with Crippen molar-refractivity contribution in [2.75, 3.05) is 25.1 Å². The van der Waals surface area contributed by atoms with Crippen molar-refractivity contribution in [2.24, 2.45) is 5.73 Å². The number of hydrogen-bond donors (Lipinski definition) is 3. The van der Waals surface area contributed by atoms with E-state index in [2.05, 4.69) is 47.5 Å². The number of benzene rings is 4. The lowest BCUT2D eigenvalue weighted by molar-refractivity contribution is -0.149. The highest BCUT2D eigenvalue weighted by Gasteiger charge is 2.27. The van der Waals surface area contributed by atoms with Crippen LogP contribution in [0.2, 0.25) is 0 Å². The molecule has 4 N–H and O–H groups in total. The van der Waals surface area contributed by atoms with Crippen molar-refractivity contribution in [1.29, 1.82) is 0 Å². The van der Waals surface area contributed by atoms with Crippen LogP contribution in [0, 0.1) is 6.92 Å². The van der Waals surface area contributed by atoms with Gasteiger partial charge in [-0.2, -0.15) is 11.8 Å². The number of nitrogens with zero attached hydrogens (tertiary/aromatic N) is 1. The van der Waals surface area contributed by atoms with E-state index in [9.17, 15) is 18.0 Å². The van der Waals surface area contributed by atoms with E-state index in [1.54, 1.807) is 12.1 Å². The van der Waals surface area contributed by atoms with Crippen molar-refractivity contribution in [3.05, 3.63) is 125 Å². The number of amides is 1. The number of halogens is 2. The number of unbranched alkanes of at least 4 members (excludes halogenated alkanes) is 1. The molecule has 0 aliphatic heterocycles. The van der Waals surface area contributed by atoms with E-state index in [-0.39, 0.29) is 42.7 Å². The van der Waals surface area contributed by atoms with Gasteiger partial charge in [0.25, 0.3) is 15.9 Å². The summed E-state index contributed by atoms with van der Waals surface area (Å²) in [6.07, 6.45) is 5.25. The molecule has 4 aromatic rings. The number of carbonyl (C=O) groups is 2. The Morgan fingerprint density at radius 1 is 0.865 bits per heavy atom. The molecule has 0 spiro atoms. The molecule has 0 bridgehead atoms. The first-order valence-electron chi connectivity index (χ1n) is 16.9. The maximum atomic E-state index is 14.0. The predicted octanol–water partition coefficient (Wildman–Crippen LogP) is 7.10. The van der Waals surface area contributed by atoms with Crippen molar-refractivity contribution in [3.63, 3.8) is 0 Å². The normalized spacial score (nSPS) is 11.6. The van der Waals surface area contributed by atoms with Crippen LogP contribution in [-0.4, -0.2) is 56.3 Å². The Hall–Kier alpha value is -3.42. The lowest BCUT2D eigenvalue weighted by Crippen LogP contribution is -2.44. The lowest BCUT2D eigenvalue weighted by Gasteiger charge is -2.24. The molecule has 0 fully saturated rings. The van der Waals surface area contributed by atoms with Crippen LogP contribution >= 0.6 is 36.6 Å². The summed E-state index contributed by atoms with van der Waals surface area (Å²) in [5.41, 5.74) is 11.8. The second kappa shape index (κ2) is 22.6. The summed E-state index contributed by atoms with van der Waals surface area (Å²) in [5, 5.41) is 2.83. The van der Waals surface area contributed by atoms with Crippen molar-refractivity contribution >= 4 is 58.5 Å². The number of nitrogens with one attached hydrogen (secondary N) is 2. The van der Waals surface area contributed by atoms with Crippen molar-refractivity contribution in [3.8, 4) is 11.1 Å². The number of sulfonamides is 1. The van der Waals surface area contributed by atoms with Gasteiger partial charge in [-0.3, -0.25) is 9.69 Å². The third-order valence-corrected chi connectivity index (χ3v) is 10.3. The number of rotatable bonds is 19. The standard InChI is InChI=1S/C39H48N4O5S2.2ClH/c1-4-5-23-43(24-21-30-12-7-6-8-13-30)28-32-17-20-35(36(26-32)34-14-10-9-11-29(34)2)38(44)41-37(22-25-49-3)39(45)48-42-50(46,47)33-18-15-31(27-40)16-19-33;;/h6-20,26,37,42H,4-5,21-25,27-28,40H2,1-3H3,(H,41,44);2*1H/t37-;;/m0../s1. The molecule has 0 heterocycles. The van der Waals surface area contributed by atoms with Gasteiger partial charge in [0.1, 0.15) is 6.04 Å². The first-order valence-corrected chi connectivity index (χ1v) is 19.8. The summed E-state index contributed by atoms with van der Waals surface area (Å²) < 4.78 is 25.6. The maximum absolute atomic E-state index is 14.0. The molecule has 0 unspecified atom stereocenters. The highest BCUT2D eigenvalue weighted by Crippen LogP contribution is 2.29. The molecule has 0 saturated heterocycles. The maximum Gasteiger partial charge on any atom is 0.348 e. The molecule has 1 atom stereocenters. The number of hydrogen-bond acceptors (Lipinski definition) is 8. The Morgan fingerprint density at radius 2 is 1.54 bits per heavy atom. The molecule has 4 aromatic carbocycles. The fourth-order valence-electron chi connectivity index (χ4n) is 5.57. The molecule has 282 valence electrons. The molecular weight excluding hydrogens is 739 g/mol. The highest BCUT2D eigenvalue weighted by atomic mass is 35.5. The Bertz CT molecular complexity index is 1810. The zero-order chi connectivity index (χ0) is 35.9. The summed E-state index contributed by atoms with van der Waals surface area (Å²) in [6, 6.07) is 29.1. The summed E-state index contributed by atoms with van der Waals surface area (Å²) in [6.45, 7) is 7.07. The van der Waals surface area contributed by atoms with Crippen LogP contribution in [0.3, 0.4) is 0 Å². The Balaban J connectivity index is 0.00000468. The van der Waals surface area contributed by atoms with Crippen LogP contribution in [0.4, 0.5) is 0 Å². The first-order chi connectivity index (χ1) is 24.1. The second-order valence-electron chi connectivity index (χ2n) is 12.2. The Kier molecular flexibility index (Phi) is 19.4. The monoisotopic (exact) mass is 788 g/mol. The third-order valence-electron chi connectivity index (χ3n) is 8.48. The van der Waals surface area contributed by atoms with Crippen molar-refractivity contribution in [1.82, 2.24) is 15.1 Å². The minimum absolute atomic E-state index is 0. The van der Waals surface area contributed by atoms with Gasteiger partial charge in [-0.1, -0.05) is 86.1 Å². The van der Waals surface area contributed by atoms with Crippen LogP contribution in [0.5, 0.6) is 0 Å². The molecule has 0 saturated carbocycles. The fourth-order valence-corrected chi connectivity index (χ4v) is 6.82. The fraction of sp³-hybridized carbons (Fsp3) is 0.333. The molecule has 0 aliphatic carbocycles. The smallest absolute Gasteiger partial charge is 0.348 e. The SMILES string of the molecule is CCCCN(CCc1ccccc1)Cc1ccc(C(=O)N[C@@H](CCSC)C(=O)ONS(=O)(=O)c2ccc(CN)cc2)c(-c2ccccc2C)c1.Cl.Cl. The van der Waals surface area contributed by atoms with Crippen LogP contribution in [0.15, 0.2) is 102 Å². The Morgan fingerprint density at radius 3 is 2.19 bits per heavy atom. The highest BCUT2D eigenvalue weighted by molar-refractivity contribution is 7.98. The van der Waals surface area contributed by atoms with Crippen LogP contribution < -0.4 is 15.9 Å². The van der Waals surface area contributed by atoms with E-state index in [1.807, 2.05) is 60.5 Å². The van der Waals surface area contributed by atoms with Gasteiger partial charge in [0.15, 0.2) is 0 Å². The van der Waals surface area contributed by atoms with E-state index < -0.39 is 27.9 Å². The minimum Gasteiger partial charge on any atom is -0.353 e. The quantitative estimate of drug-likeness (QED) is 0.0859. The van der Waals surface area contributed by atoms with Crippen molar-refractivity contribution < 1.29 is 22.8 Å². The van der Waals surface area contributed by atoms with Gasteiger partial charge < -0.3 is 15.9 Å². The van der Waals surface area contributed by atoms with Gasteiger partial charge >= 0.3 is 5.97 Å². The average Bonchev–Trinajstić information content (AvgIpc) is 3.14. The zero-order valence-corrected chi connectivity index (χ0v) is 33.1. The summed E-state index contributed by atoms with van der Waals surface area (Å²) in [5.74, 6) is -0.827. The summed E-state index contributed by atoms with van der Waals surface area (Å²) in [4.78, 5) is 36.6. The number of nitrogens with two attached hydrogens (primary N) is 1. The van der Waals surface area contributed by atoms with E-state index in [4.69, 9.17) is 10.6 Å². The molecule has 0 aliphatic rings. The van der Waals surface area contributed by atoms with E-state index in [0.717, 1.165) is 66.7 Å². The topological polar surface area (TPSA) is 131 Å². The number of aryl methyl sites for hydroxylation is 1. The molecule has 4 rings (SSSR count). The largest absolute Gasteiger partial charge is 0.353 e. The Labute approximate surface area is 325 Å². The van der Waals surface area contributed by atoms with Crippen LogP contribution in [-0.2, 0) is 39.2 Å². The van der Waals surface area contributed by atoms with Crippen LogP contribution in [0.1, 0.15) is 58.8 Å². The molecule has 1 amide bonds. The van der Waals surface area contributed by atoms with Crippen molar-refractivity contribution in [2.45, 2.75) is 63.6 Å². The summed E-state index contributed by atoms with van der Waals surface area (Å²) >= 11 is 1.50. The van der Waals surface area contributed by atoms with E-state index in [0.29, 0.717) is 11.3 Å². The van der Waals surface area contributed by atoms with Gasteiger partial charge in [-0.15, -0.1) is 24.8 Å². The van der Waals surface area contributed by atoms with Gasteiger partial charge in [0.2, 0.25) is 0 Å². The van der Waals surface area contributed by atoms with Gasteiger partial charge in [-0.25, -0.2) is 13.2 Å². The summed E-state index contributed by atoms with van der Waals surface area (Å²) in [7, 11) is -4.16. The first kappa shape index (κ1) is 44.7. The molecular formula is C39H50Cl2N4O5S2. The predicted molar refractivity (Wildman–Crippen MR) is 216 cm³/mol. The number of carbonyl (C=O) groups excluding carboxylic acids is 2. The van der Waals surface area contributed by atoms with Gasteiger partial charge in [0, 0.05) is 25.2 Å². The van der Waals surface area contributed by atoms with Gasteiger partial charge in [0.05, 0.1) is 4.90 Å². The van der Waals surface area contributed by atoms with E-state index >= 15 is 0 Å². The average molecular weight is 790 g/mol. The molecule has 13 heteroatoms. The molecule has 52 heavy (non-hydrogen) atoms. The van der Waals surface area contributed by atoms with Crippen LogP contribution in [0.25, 0.3) is 11.1 Å². The molecule has 9 nitrogen and oxygen atoms in total. The van der Waals surface area contributed by atoms with E-state index in [1.165, 1.54) is 29.5 Å². The third kappa shape index (κ3) is 13.2.